The molecule has 0 saturated carbocycles. The Morgan fingerprint density at radius 2 is 2.05 bits per heavy atom. The van der Waals surface area contributed by atoms with Gasteiger partial charge in [0.2, 0.25) is 0 Å². The van der Waals surface area contributed by atoms with Gasteiger partial charge in [-0.3, -0.25) is 0 Å². The normalized spacial score (nSPS) is 11.2. The molecule has 0 saturated heterocycles. The van der Waals surface area contributed by atoms with Crippen LogP contribution in [-0.4, -0.2) is 14.7 Å². The first-order valence-electron chi connectivity index (χ1n) is 6.25. The summed E-state index contributed by atoms with van der Waals surface area (Å²) < 4.78 is 15.1. The van der Waals surface area contributed by atoms with Gasteiger partial charge in [-0.2, -0.15) is 0 Å². The molecule has 3 aromatic rings. The van der Waals surface area contributed by atoms with E-state index in [0.29, 0.717) is 23.0 Å². The van der Waals surface area contributed by atoms with Crippen molar-refractivity contribution in [3.63, 3.8) is 0 Å². The minimum absolute atomic E-state index is 0.124. The number of fused-ring (bicyclic) bond motifs is 1. The second-order valence-electron chi connectivity index (χ2n) is 4.47. The lowest BCUT2D eigenvalue weighted by atomic mass is 10.2. The van der Waals surface area contributed by atoms with Crippen LogP contribution < -0.4 is 0 Å². The Labute approximate surface area is 120 Å². The lowest BCUT2D eigenvalue weighted by Crippen LogP contribution is -1.97. The van der Waals surface area contributed by atoms with Crippen LogP contribution in [0.2, 0.25) is 5.02 Å². The first-order valence-corrected chi connectivity index (χ1v) is 6.62. The molecule has 0 aliphatic rings. The second kappa shape index (κ2) is 4.80. The SMILES string of the molecule is CCn1c(-c2ccc(F)cc2O)nc2cc(Cl)ccc21. The fraction of sp³-hybridized carbons (Fsp3) is 0.133. The van der Waals surface area contributed by atoms with Crippen LogP contribution in [0.5, 0.6) is 5.75 Å². The number of hydrogen-bond acceptors (Lipinski definition) is 2. The number of aromatic hydroxyl groups is 1. The van der Waals surface area contributed by atoms with Gasteiger partial charge in [-0.25, -0.2) is 9.37 Å². The van der Waals surface area contributed by atoms with Crippen molar-refractivity contribution in [2.75, 3.05) is 0 Å². The van der Waals surface area contributed by atoms with Gasteiger partial charge in [0.1, 0.15) is 17.4 Å². The summed E-state index contributed by atoms with van der Waals surface area (Å²) in [5.74, 6) is -0.00294. The molecule has 0 spiro atoms. The Bertz CT molecular complexity index is 798. The highest BCUT2D eigenvalue weighted by Gasteiger charge is 2.15. The molecular formula is C15H12ClFN2O. The minimum Gasteiger partial charge on any atom is -0.507 e. The van der Waals surface area contributed by atoms with E-state index in [2.05, 4.69) is 4.98 Å². The van der Waals surface area contributed by atoms with E-state index >= 15 is 0 Å². The lowest BCUT2D eigenvalue weighted by Gasteiger charge is -2.07. The van der Waals surface area contributed by atoms with Crippen LogP contribution in [0.3, 0.4) is 0 Å². The number of aromatic nitrogens is 2. The van der Waals surface area contributed by atoms with Crippen LogP contribution in [-0.2, 0) is 6.54 Å². The Kier molecular flexibility index (Phi) is 3.10. The van der Waals surface area contributed by atoms with Crippen molar-refractivity contribution >= 4 is 22.6 Å². The average molecular weight is 291 g/mol. The third-order valence-electron chi connectivity index (χ3n) is 3.23. The molecule has 0 radical (unpaired) electrons. The van der Waals surface area contributed by atoms with Crippen molar-refractivity contribution in [3.8, 4) is 17.1 Å². The van der Waals surface area contributed by atoms with E-state index in [4.69, 9.17) is 11.6 Å². The minimum atomic E-state index is -0.478. The van der Waals surface area contributed by atoms with E-state index in [-0.39, 0.29) is 5.75 Å². The standard InChI is InChI=1S/C15H12ClFN2O/c1-2-19-13-6-3-9(16)7-12(13)18-15(19)11-5-4-10(17)8-14(11)20/h3-8,20H,2H2,1H3. The maximum absolute atomic E-state index is 13.1. The molecule has 1 N–H and O–H groups in total. The van der Waals surface area contributed by atoms with Crippen LogP contribution in [0.4, 0.5) is 4.39 Å². The van der Waals surface area contributed by atoms with Gasteiger partial charge >= 0.3 is 0 Å². The largest absolute Gasteiger partial charge is 0.507 e. The highest BCUT2D eigenvalue weighted by Crippen LogP contribution is 2.32. The lowest BCUT2D eigenvalue weighted by molar-refractivity contribution is 0.470. The molecular weight excluding hydrogens is 279 g/mol. The van der Waals surface area contributed by atoms with Crippen LogP contribution in [0.1, 0.15) is 6.92 Å². The Balaban J connectivity index is 2.30. The highest BCUT2D eigenvalue weighted by atomic mass is 35.5. The molecule has 0 fully saturated rings. The molecule has 5 heteroatoms. The third kappa shape index (κ3) is 2.02. The van der Waals surface area contributed by atoms with Crippen molar-refractivity contribution in [1.29, 1.82) is 0 Å². The predicted molar refractivity (Wildman–Crippen MR) is 77.5 cm³/mol. The summed E-state index contributed by atoms with van der Waals surface area (Å²) >= 11 is 5.97. The first-order chi connectivity index (χ1) is 9.60. The molecule has 0 amide bonds. The third-order valence-corrected chi connectivity index (χ3v) is 3.46. The number of nitrogens with zero attached hydrogens (tertiary/aromatic N) is 2. The van der Waals surface area contributed by atoms with Gasteiger partial charge in [-0.05, 0) is 37.3 Å². The van der Waals surface area contributed by atoms with Crippen molar-refractivity contribution in [2.45, 2.75) is 13.5 Å². The second-order valence-corrected chi connectivity index (χ2v) is 4.91. The number of imidazole rings is 1. The molecule has 0 aliphatic carbocycles. The molecule has 102 valence electrons. The van der Waals surface area contributed by atoms with Crippen LogP contribution in [0.25, 0.3) is 22.4 Å². The highest BCUT2D eigenvalue weighted by molar-refractivity contribution is 6.31. The number of halogens is 2. The molecule has 1 aromatic heterocycles. The van der Waals surface area contributed by atoms with Crippen LogP contribution in [0.15, 0.2) is 36.4 Å². The fourth-order valence-electron chi connectivity index (χ4n) is 2.32. The van der Waals surface area contributed by atoms with Gasteiger partial charge in [0.25, 0.3) is 0 Å². The van der Waals surface area contributed by atoms with E-state index in [1.54, 1.807) is 12.1 Å². The predicted octanol–water partition coefficient (Wildman–Crippen LogP) is 4.22. The quantitative estimate of drug-likeness (QED) is 0.767. The molecule has 20 heavy (non-hydrogen) atoms. The molecule has 0 aliphatic heterocycles. The molecule has 0 atom stereocenters. The van der Waals surface area contributed by atoms with E-state index in [9.17, 15) is 9.50 Å². The van der Waals surface area contributed by atoms with Gasteiger partial charge in [-0.15, -0.1) is 0 Å². The Morgan fingerprint density at radius 1 is 1.25 bits per heavy atom. The molecule has 0 bridgehead atoms. The summed E-state index contributed by atoms with van der Waals surface area (Å²) in [4.78, 5) is 4.50. The van der Waals surface area contributed by atoms with Crippen molar-refractivity contribution in [1.82, 2.24) is 9.55 Å². The van der Waals surface area contributed by atoms with E-state index < -0.39 is 5.82 Å². The average Bonchev–Trinajstić information content (AvgIpc) is 2.75. The Morgan fingerprint density at radius 3 is 2.75 bits per heavy atom. The summed E-state index contributed by atoms with van der Waals surface area (Å²) in [5.41, 5.74) is 2.18. The molecule has 2 aromatic carbocycles. The summed E-state index contributed by atoms with van der Waals surface area (Å²) in [6.45, 7) is 2.67. The van der Waals surface area contributed by atoms with Crippen LogP contribution in [0, 0.1) is 5.82 Å². The maximum atomic E-state index is 13.1. The zero-order chi connectivity index (χ0) is 14.3. The summed E-state index contributed by atoms with van der Waals surface area (Å²) in [6, 6.07) is 9.38. The fourth-order valence-corrected chi connectivity index (χ4v) is 2.49. The van der Waals surface area contributed by atoms with Crippen LogP contribution >= 0.6 is 11.6 Å². The number of hydrogen-bond donors (Lipinski definition) is 1. The topological polar surface area (TPSA) is 38.0 Å². The summed E-state index contributed by atoms with van der Waals surface area (Å²) in [6.07, 6.45) is 0. The van der Waals surface area contributed by atoms with Gasteiger partial charge in [-0.1, -0.05) is 11.6 Å². The number of aryl methyl sites for hydroxylation is 1. The molecule has 0 unspecified atom stereocenters. The number of phenolic OH excluding ortho intramolecular Hbond substituents is 1. The molecule has 1 heterocycles. The Hall–Kier alpha value is -2.07. The van der Waals surface area contributed by atoms with Gasteiger partial charge < -0.3 is 9.67 Å². The zero-order valence-corrected chi connectivity index (χ0v) is 11.5. The van der Waals surface area contributed by atoms with Gasteiger partial charge in [0.15, 0.2) is 0 Å². The monoisotopic (exact) mass is 290 g/mol. The molecule has 3 nitrogen and oxygen atoms in total. The smallest absolute Gasteiger partial charge is 0.144 e. The van der Waals surface area contributed by atoms with E-state index in [1.165, 1.54) is 12.1 Å². The molecule has 3 rings (SSSR count). The maximum Gasteiger partial charge on any atom is 0.144 e. The van der Waals surface area contributed by atoms with Crippen molar-refractivity contribution < 1.29 is 9.50 Å². The number of phenols is 1. The summed E-state index contributed by atoms with van der Waals surface area (Å²) in [5, 5.41) is 10.5. The number of benzene rings is 2. The van der Waals surface area contributed by atoms with Gasteiger partial charge in [0.05, 0.1) is 16.6 Å². The zero-order valence-electron chi connectivity index (χ0n) is 10.8. The number of rotatable bonds is 2. The van der Waals surface area contributed by atoms with E-state index in [1.807, 2.05) is 17.6 Å². The summed E-state index contributed by atoms with van der Waals surface area (Å²) in [7, 11) is 0. The van der Waals surface area contributed by atoms with E-state index in [0.717, 1.165) is 17.1 Å². The van der Waals surface area contributed by atoms with Gasteiger partial charge in [0, 0.05) is 17.6 Å². The van der Waals surface area contributed by atoms with Crippen molar-refractivity contribution in [3.05, 3.63) is 47.2 Å². The first kappa shape index (κ1) is 12.9. The van der Waals surface area contributed by atoms with Crippen molar-refractivity contribution in [2.24, 2.45) is 0 Å².